The smallest absolute Gasteiger partial charge is 0.135 e. The molecule has 5 heteroatoms. The van der Waals surface area contributed by atoms with Crippen molar-refractivity contribution in [2.45, 2.75) is 44.6 Å². The van der Waals surface area contributed by atoms with Gasteiger partial charge in [-0.25, -0.2) is 4.39 Å². The lowest BCUT2D eigenvalue weighted by Gasteiger charge is -2.35. The second-order valence-corrected chi connectivity index (χ2v) is 6.63. The summed E-state index contributed by atoms with van der Waals surface area (Å²) in [5.74, 6) is 1.49. The first-order valence-electron chi connectivity index (χ1n) is 8.46. The minimum atomic E-state index is -0.139. The molecule has 0 saturated carbocycles. The van der Waals surface area contributed by atoms with Gasteiger partial charge in [-0.3, -0.25) is 0 Å². The van der Waals surface area contributed by atoms with E-state index in [4.69, 9.17) is 0 Å². The van der Waals surface area contributed by atoms with Crippen LogP contribution in [-0.2, 0) is 13.5 Å². The normalized spacial score (nSPS) is 18.2. The first kappa shape index (κ1) is 16.1. The Morgan fingerprint density at radius 2 is 2.09 bits per heavy atom. The molecule has 1 aromatic heterocycles. The molecule has 1 fully saturated rings. The van der Waals surface area contributed by atoms with Crippen molar-refractivity contribution in [3.05, 3.63) is 47.8 Å². The monoisotopic (exact) mass is 316 g/mol. The lowest BCUT2D eigenvalue weighted by atomic mass is 9.94. The van der Waals surface area contributed by atoms with Crippen LogP contribution in [0, 0.1) is 5.82 Å². The molecule has 124 valence electrons. The summed E-state index contributed by atoms with van der Waals surface area (Å²) in [5, 5.41) is 8.24. The fraction of sp³-hybridized carbons (Fsp3) is 0.556. The molecule has 3 rings (SSSR count). The number of nitrogens with zero attached hydrogens (tertiary/aromatic N) is 4. The Balaban J connectivity index is 1.48. The number of benzene rings is 1. The summed E-state index contributed by atoms with van der Waals surface area (Å²) in [6, 6.07) is 7.48. The van der Waals surface area contributed by atoms with Gasteiger partial charge in [-0.1, -0.05) is 12.1 Å². The molecule has 0 amide bonds. The van der Waals surface area contributed by atoms with Gasteiger partial charge in [0, 0.05) is 19.0 Å². The fourth-order valence-corrected chi connectivity index (χ4v) is 3.51. The van der Waals surface area contributed by atoms with Crippen LogP contribution in [0.2, 0.25) is 0 Å². The van der Waals surface area contributed by atoms with Crippen molar-refractivity contribution < 1.29 is 4.39 Å². The Morgan fingerprint density at radius 3 is 2.74 bits per heavy atom. The van der Waals surface area contributed by atoms with Crippen LogP contribution in [0.1, 0.15) is 43.5 Å². The molecular formula is C18H25FN4. The highest BCUT2D eigenvalue weighted by atomic mass is 19.1. The Kier molecular flexibility index (Phi) is 5.06. The topological polar surface area (TPSA) is 34.0 Å². The number of hydrogen-bond donors (Lipinski definition) is 0. The Hall–Kier alpha value is -1.75. The molecular weight excluding hydrogens is 291 g/mol. The van der Waals surface area contributed by atoms with Crippen molar-refractivity contribution >= 4 is 0 Å². The predicted octanol–water partition coefficient (Wildman–Crippen LogP) is 3.15. The molecule has 1 saturated heterocycles. The van der Waals surface area contributed by atoms with Crippen LogP contribution in [0.3, 0.4) is 0 Å². The van der Waals surface area contributed by atoms with Crippen molar-refractivity contribution in [1.82, 2.24) is 19.7 Å². The minimum Gasteiger partial charge on any atom is -0.320 e. The van der Waals surface area contributed by atoms with E-state index in [1.54, 1.807) is 18.5 Å². The Bertz CT molecular complexity index is 631. The summed E-state index contributed by atoms with van der Waals surface area (Å²) < 4.78 is 15.3. The third kappa shape index (κ3) is 3.96. The van der Waals surface area contributed by atoms with Gasteiger partial charge in [0.15, 0.2) is 0 Å². The summed E-state index contributed by atoms with van der Waals surface area (Å²) in [6.07, 6.45) is 6.05. The maximum atomic E-state index is 13.2. The molecule has 2 heterocycles. The number of piperidine rings is 1. The molecule has 23 heavy (non-hydrogen) atoms. The average molecular weight is 316 g/mol. The maximum Gasteiger partial charge on any atom is 0.135 e. The van der Waals surface area contributed by atoms with Crippen molar-refractivity contribution in [3.63, 3.8) is 0 Å². The lowest BCUT2D eigenvalue weighted by molar-refractivity contribution is 0.152. The van der Waals surface area contributed by atoms with Gasteiger partial charge in [0.2, 0.25) is 0 Å². The summed E-state index contributed by atoms with van der Waals surface area (Å²) in [5.41, 5.74) is 1.09. The molecule has 0 N–H and O–H groups in total. The van der Waals surface area contributed by atoms with Gasteiger partial charge in [-0.05, 0) is 63.4 Å². The number of aryl methyl sites for hydroxylation is 2. The molecule has 0 bridgehead atoms. The van der Waals surface area contributed by atoms with Gasteiger partial charge in [-0.2, -0.15) is 0 Å². The summed E-state index contributed by atoms with van der Waals surface area (Å²) in [4.78, 5) is 2.55. The van der Waals surface area contributed by atoms with E-state index >= 15 is 0 Å². The number of rotatable bonds is 5. The molecule has 0 spiro atoms. The minimum absolute atomic E-state index is 0.139. The van der Waals surface area contributed by atoms with Crippen LogP contribution in [0.15, 0.2) is 30.6 Å². The second kappa shape index (κ2) is 7.21. The van der Waals surface area contributed by atoms with E-state index < -0.39 is 0 Å². The molecule has 0 aliphatic carbocycles. The SMILES string of the molecule is C[C@@H](CCc1cccc(F)c1)N1CCC(c2nncn2C)CC1. The van der Waals surface area contributed by atoms with Gasteiger partial charge in [0.1, 0.15) is 18.0 Å². The third-order valence-corrected chi connectivity index (χ3v) is 5.00. The predicted molar refractivity (Wildman–Crippen MR) is 88.7 cm³/mol. The van der Waals surface area contributed by atoms with E-state index in [-0.39, 0.29) is 5.82 Å². The van der Waals surface area contributed by atoms with E-state index in [0.29, 0.717) is 12.0 Å². The zero-order chi connectivity index (χ0) is 16.2. The largest absolute Gasteiger partial charge is 0.320 e. The molecule has 0 radical (unpaired) electrons. The van der Waals surface area contributed by atoms with Crippen molar-refractivity contribution in [2.75, 3.05) is 13.1 Å². The van der Waals surface area contributed by atoms with Crippen LogP contribution in [0.4, 0.5) is 4.39 Å². The Morgan fingerprint density at radius 1 is 1.30 bits per heavy atom. The van der Waals surface area contributed by atoms with E-state index in [1.807, 2.05) is 17.7 Å². The summed E-state index contributed by atoms with van der Waals surface area (Å²) in [6.45, 7) is 4.48. The van der Waals surface area contributed by atoms with E-state index in [2.05, 4.69) is 22.0 Å². The molecule has 2 aromatic rings. The van der Waals surface area contributed by atoms with Gasteiger partial charge < -0.3 is 9.47 Å². The zero-order valence-electron chi connectivity index (χ0n) is 14.0. The van der Waals surface area contributed by atoms with Crippen LogP contribution in [-0.4, -0.2) is 38.8 Å². The number of halogens is 1. The van der Waals surface area contributed by atoms with Gasteiger partial charge >= 0.3 is 0 Å². The molecule has 1 atom stereocenters. The van der Waals surface area contributed by atoms with E-state index in [9.17, 15) is 4.39 Å². The molecule has 1 aliphatic rings. The second-order valence-electron chi connectivity index (χ2n) is 6.63. The first-order valence-corrected chi connectivity index (χ1v) is 8.46. The van der Waals surface area contributed by atoms with Crippen LogP contribution in [0.25, 0.3) is 0 Å². The highest BCUT2D eigenvalue weighted by Crippen LogP contribution is 2.27. The maximum absolute atomic E-state index is 13.2. The summed E-state index contributed by atoms with van der Waals surface area (Å²) in [7, 11) is 2.02. The highest BCUT2D eigenvalue weighted by Gasteiger charge is 2.26. The fourth-order valence-electron chi connectivity index (χ4n) is 3.51. The zero-order valence-corrected chi connectivity index (χ0v) is 14.0. The van der Waals surface area contributed by atoms with Gasteiger partial charge in [0.05, 0.1) is 0 Å². The molecule has 0 unspecified atom stereocenters. The van der Waals surface area contributed by atoms with Crippen LogP contribution < -0.4 is 0 Å². The number of hydrogen-bond acceptors (Lipinski definition) is 3. The highest BCUT2D eigenvalue weighted by molar-refractivity contribution is 5.16. The quantitative estimate of drug-likeness (QED) is 0.850. The molecule has 1 aromatic carbocycles. The lowest BCUT2D eigenvalue weighted by Crippen LogP contribution is -2.40. The first-order chi connectivity index (χ1) is 11.1. The number of likely N-dealkylation sites (tertiary alicyclic amines) is 1. The van der Waals surface area contributed by atoms with E-state index in [1.165, 1.54) is 6.07 Å². The van der Waals surface area contributed by atoms with Gasteiger partial charge in [0.25, 0.3) is 0 Å². The summed E-state index contributed by atoms with van der Waals surface area (Å²) >= 11 is 0. The number of aromatic nitrogens is 3. The van der Waals surface area contributed by atoms with Gasteiger partial charge in [-0.15, -0.1) is 10.2 Å². The molecule has 1 aliphatic heterocycles. The van der Waals surface area contributed by atoms with Crippen molar-refractivity contribution in [1.29, 1.82) is 0 Å². The van der Waals surface area contributed by atoms with E-state index in [0.717, 1.165) is 50.2 Å². The van der Waals surface area contributed by atoms with Crippen LogP contribution in [0.5, 0.6) is 0 Å². The molecule has 4 nitrogen and oxygen atoms in total. The standard InChI is InChI=1S/C18H25FN4/c1-14(6-7-15-4-3-5-17(19)12-15)23-10-8-16(9-11-23)18-21-20-13-22(18)2/h3-5,12-14,16H,6-11H2,1-2H3/t14-/m0/s1. The Labute approximate surface area is 137 Å². The third-order valence-electron chi connectivity index (χ3n) is 5.00. The van der Waals surface area contributed by atoms with Crippen molar-refractivity contribution in [2.24, 2.45) is 7.05 Å². The van der Waals surface area contributed by atoms with Crippen LogP contribution >= 0.6 is 0 Å². The van der Waals surface area contributed by atoms with Crippen molar-refractivity contribution in [3.8, 4) is 0 Å². The average Bonchev–Trinajstić information content (AvgIpc) is 2.99.